The van der Waals surface area contributed by atoms with Crippen molar-refractivity contribution in [3.63, 3.8) is 0 Å². The van der Waals surface area contributed by atoms with Gasteiger partial charge in [-0.15, -0.1) is 0 Å². The predicted molar refractivity (Wildman–Crippen MR) is 93.5 cm³/mol. The summed E-state index contributed by atoms with van der Waals surface area (Å²) in [5, 5.41) is 1.12. The highest BCUT2D eigenvalue weighted by Gasteiger charge is 2.15. The summed E-state index contributed by atoms with van der Waals surface area (Å²) in [6.07, 6.45) is 1.81. The largest absolute Gasteiger partial charge is 0.497 e. The second kappa shape index (κ2) is 5.61. The molecule has 3 nitrogen and oxygen atoms in total. The van der Waals surface area contributed by atoms with Crippen LogP contribution in [0, 0.1) is 0 Å². The summed E-state index contributed by atoms with van der Waals surface area (Å²) in [6, 6.07) is 22.5. The third-order valence-electron chi connectivity index (χ3n) is 4.01. The molecule has 2 aromatic carbocycles. The van der Waals surface area contributed by atoms with E-state index in [2.05, 4.69) is 40.3 Å². The molecule has 4 rings (SSSR count). The smallest absolute Gasteiger partial charge is 0.138 e. The van der Waals surface area contributed by atoms with Crippen LogP contribution in [-0.4, -0.2) is 17.1 Å². The van der Waals surface area contributed by atoms with Gasteiger partial charge in [0.2, 0.25) is 0 Å². The van der Waals surface area contributed by atoms with Crippen LogP contribution < -0.4 is 4.74 Å². The highest BCUT2D eigenvalue weighted by Crippen LogP contribution is 2.37. The lowest BCUT2D eigenvalue weighted by atomic mass is 9.99. The molecule has 0 saturated carbocycles. The van der Waals surface area contributed by atoms with Crippen LogP contribution in [0.15, 0.2) is 72.9 Å². The van der Waals surface area contributed by atoms with E-state index in [9.17, 15) is 0 Å². The Labute approximate surface area is 134 Å². The maximum Gasteiger partial charge on any atom is 0.138 e. The van der Waals surface area contributed by atoms with Gasteiger partial charge in [-0.1, -0.05) is 42.5 Å². The third-order valence-corrected chi connectivity index (χ3v) is 4.01. The number of methoxy groups -OCH3 is 1. The van der Waals surface area contributed by atoms with Crippen LogP contribution in [0.2, 0.25) is 0 Å². The second-order valence-electron chi connectivity index (χ2n) is 5.37. The van der Waals surface area contributed by atoms with E-state index in [1.165, 1.54) is 5.56 Å². The Morgan fingerprint density at radius 3 is 2.35 bits per heavy atom. The highest BCUT2D eigenvalue weighted by atomic mass is 16.5. The minimum atomic E-state index is 0.855. The van der Waals surface area contributed by atoms with Crippen LogP contribution in [-0.2, 0) is 0 Å². The molecule has 0 radical (unpaired) electrons. The number of ether oxygens (including phenoxy) is 1. The van der Waals surface area contributed by atoms with Crippen molar-refractivity contribution in [3.05, 3.63) is 72.9 Å². The van der Waals surface area contributed by atoms with Gasteiger partial charge >= 0.3 is 0 Å². The van der Waals surface area contributed by atoms with Gasteiger partial charge in [0.15, 0.2) is 0 Å². The zero-order valence-corrected chi connectivity index (χ0v) is 12.8. The standard InChI is InChI=1S/C20H16N2O/c1-23-16-11-9-14(10-12-16)18-17-8-5-13-21-20(17)22-19(18)15-6-3-2-4-7-15/h2-13H,1H3,(H,21,22). The molecule has 3 heteroatoms. The third kappa shape index (κ3) is 2.36. The zero-order chi connectivity index (χ0) is 15.6. The van der Waals surface area contributed by atoms with Crippen molar-refractivity contribution in [1.29, 1.82) is 0 Å². The van der Waals surface area contributed by atoms with Crippen molar-refractivity contribution in [1.82, 2.24) is 9.97 Å². The number of nitrogens with zero attached hydrogens (tertiary/aromatic N) is 1. The highest BCUT2D eigenvalue weighted by molar-refractivity contribution is 6.02. The van der Waals surface area contributed by atoms with Crippen LogP contribution >= 0.6 is 0 Å². The number of H-pyrrole nitrogens is 1. The van der Waals surface area contributed by atoms with Crippen molar-refractivity contribution < 1.29 is 4.74 Å². The number of aromatic amines is 1. The molecule has 0 fully saturated rings. The molecule has 112 valence electrons. The molecule has 0 atom stereocenters. The van der Waals surface area contributed by atoms with Gasteiger partial charge in [0, 0.05) is 17.1 Å². The molecule has 1 N–H and O–H groups in total. The summed E-state index contributed by atoms with van der Waals surface area (Å²) >= 11 is 0. The van der Waals surface area contributed by atoms with E-state index in [4.69, 9.17) is 4.74 Å². The monoisotopic (exact) mass is 300 g/mol. The van der Waals surface area contributed by atoms with Crippen molar-refractivity contribution in [2.24, 2.45) is 0 Å². The zero-order valence-electron chi connectivity index (χ0n) is 12.8. The van der Waals surface area contributed by atoms with Crippen molar-refractivity contribution >= 4 is 11.0 Å². The van der Waals surface area contributed by atoms with E-state index in [1.54, 1.807) is 7.11 Å². The van der Waals surface area contributed by atoms with Gasteiger partial charge in [0.25, 0.3) is 0 Å². The number of aromatic nitrogens is 2. The SMILES string of the molecule is COc1ccc(-c2c(-c3ccccc3)[nH]c3ncccc23)cc1. The van der Waals surface area contributed by atoms with Gasteiger partial charge in [-0.2, -0.15) is 0 Å². The first kappa shape index (κ1) is 13.6. The predicted octanol–water partition coefficient (Wildman–Crippen LogP) is 4.91. The minimum Gasteiger partial charge on any atom is -0.497 e. The topological polar surface area (TPSA) is 37.9 Å². The average molecular weight is 300 g/mol. The Morgan fingerprint density at radius 2 is 1.61 bits per heavy atom. The maximum atomic E-state index is 5.27. The Kier molecular flexibility index (Phi) is 3.31. The van der Waals surface area contributed by atoms with E-state index in [-0.39, 0.29) is 0 Å². The molecule has 0 aliphatic rings. The molecule has 0 unspecified atom stereocenters. The van der Waals surface area contributed by atoms with Crippen molar-refractivity contribution in [3.8, 4) is 28.1 Å². The number of hydrogen-bond acceptors (Lipinski definition) is 2. The Morgan fingerprint density at radius 1 is 0.826 bits per heavy atom. The first-order valence-corrected chi connectivity index (χ1v) is 7.53. The van der Waals surface area contributed by atoms with Gasteiger partial charge in [0.05, 0.1) is 12.8 Å². The Hall–Kier alpha value is -3.07. The van der Waals surface area contributed by atoms with Crippen LogP contribution in [0.4, 0.5) is 0 Å². The quantitative estimate of drug-likeness (QED) is 0.584. The summed E-state index contributed by atoms with van der Waals surface area (Å²) in [5.41, 5.74) is 5.45. The van der Waals surface area contributed by atoms with Crippen LogP contribution in [0.5, 0.6) is 5.75 Å². The molecule has 0 saturated heterocycles. The molecule has 2 heterocycles. The first-order valence-electron chi connectivity index (χ1n) is 7.53. The van der Waals surface area contributed by atoms with Crippen LogP contribution in [0.1, 0.15) is 0 Å². The molecule has 0 spiro atoms. The molecular formula is C20H16N2O. The van der Waals surface area contributed by atoms with Crippen molar-refractivity contribution in [2.75, 3.05) is 7.11 Å². The van der Waals surface area contributed by atoms with Crippen LogP contribution in [0.3, 0.4) is 0 Å². The minimum absolute atomic E-state index is 0.855. The number of pyridine rings is 1. The molecule has 0 aliphatic heterocycles. The molecule has 2 aromatic heterocycles. The molecular weight excluding hydrogens is 284 g/mol. The van der Waals surface area contributed by atoms with E-state index in [1.807, 2.05) is 42.6 Å². The molecule has 4 aromatic rings. The number of hydrogen-bond donors (Lipinski definition) is 1. The molecule has 0 bridgehead atoms. The fraction of sp³-hybridized carbons (Fsp3) is 0.0500. The lowest BCUT2D eigenvalue weighted by molar-refractivity contribution is 0.415. The number of rotatable bonds is 3. The van der Waals surface area contributed by atoms with Crippen molar-refractivity contribution in [2.45, 2.75) is 0 Å². The van der Waals surface area contributed by atoms with Gasteiger partial charge in [-0.25, -0.2) is 4.98 Å². The fourth-order valence-corrected chi connectivity index (χ4v) is 2.90. The molecule has 23 heavy (non-hydrogen) atoms. The van der Waals surface area contributed by atoms with Gasteiger partial charge in [0.1, 0.15) is 11.4 Å². The normalized spacial score (nSPS) is 10.8. The van der Waals surface area contributed by atoms with Gasteiger partial charge in [-0.05, 0) is 35.4 Å². The number of fused-ring (bicyclic) bond motifs is 1. The van der Waals surface area contributed by atoms with Gasteiger partial charge in [-0.3, -0.25) is 0 Å². The van der Waals surface area contributed by atoms with E-state index < -0.39 is 0 Å². The summed E-state index contributed by atoms with van der Waals surface area (Å²) in [4.78, 5) is 7.93. The summed E-state index contributed by atoms with van der Waals surface area (Å²) in [7, 11) is 1.68. The van der Waals surface area contributed by atoms with E-state index in [0.717, 1.165) is 33.6 Å². The molecule has 0 amide bonds. The average Bonchev–Trinajstić information content (AvgIpc) is 3.02. The summed E-state index contributed by atoms with van der Waals surface area (Å²) < 4.78 is 5.27. The lowest BCUT2D eigenvalue weighted by Gasteiger charge is -2.07. The Bertz CT molecular complexity index is 940. The summed E-state index contributed by atoms with van der Waals surface area (Å²) in [6.45, 7) is 0. The van der Waals surface area contributed by atoms with E-state index in [0.29, 0.717) is 0 Å². The Balaban J connectivity index is 1.99. The second-order valence-corrected chi connectivity index (χ2v) is 5.37. The van der Waals surface area contributed by atoms with Crippen LogP contribution in [0.25, 0.3) is 33.4 Å². The number of nitrogens with one attached hydrogen (secondary N) is 1. The first-order chi connectivity index (χ1) is 11.4. The summed E-state index contributed by atoms with van der Waals surface area (Å²) in [5.74, 6) is 0.855. The maximum absolute atomic E-state index is 5.27. The van der Waals surface area contributed by atoms with Gasteiger partial charge < -0.3 is 9.72 Å². The fourth-order valence-electron chi connectivity index (χ4n) is 2.90. The molecule has 0 aliphatic carbocycles. The van der Waals surface area contributed by atoms with E-state index >= 15 is 0 Å². The number of benzene rings is 2. The lowest BCUT2D eigenvalue weighted by Crippen LogP contribution is -1.85.